The van der Waals surface area contributed by atoms with E-state index in [0.29, 0.717) is 11.6 Å². The molecular formula is C19H27N3O2. The van der Waals surface area contributed by atoms with Crippen molar-refractivity contribution in [2.24, 2.45) is 5.92 Å². The molecule has 2 aliphatic carbocycles. The van der Waals surface area contributed by atoms with Crippen LogP contribution in [0.15, 0.2) is 10.9 Å². The van der Waals surface area contributed by atoms with Gasteiger partial charge in [0.1, 0.15) is 5.56 Å². The first-order chi connectivity index (χ1) is 11.7. The number of pyridine rings is 1. The third kappa shape index (κ3) is 3.41. The molecule has 130 valence electrons. The van der Waals surface area contributed by atoms with Gasteiger partial charge in [-0.25, -0.2) is 0 Å². The number of fused-ring (bicyclic) bond motifs is 1. The number of rotatable bonds is 4. The molecule has 1 aromatic heterocycles. The van der Waals surface area contributed by atoms with E-state index in [2.05, 4.69) is 10.3 Å². The summed E-state index contributed by atoms with van der Waals surface area (Å²) < 4.78 is 0. The number of hydrogen-bond acceptors (Lipinski definition) is 3. The molecule has 0 atom stereocenters. The molecule has 1 aromatic rings. The molecule has 5 heteroatoms. The van der Waals surface area contributed by atoms with Crippen molar-refractivity contribution in [2.75, 3.05) is 19.6 Å². The number of amides is 1. The summed E-state index contributed by atoms with van der Waals surface area (Å²) in [7, 11) is 0. The molecule has 0 spiro atoms. The molecule has 1 aliphatic heterocycles. The Kier molecular flexibility index (Phi) is 4.44. The lowest BCUT2D eigenvalue weighted by Crippen LogP contribution is -2.46. The highest BCUT2D eigenvalue weighted by Gasteiger charge is 2.27. The predicted molar refractivity (Wildman–Crippen MR) is 93.4 cm³/mol. The summed E-state index contributed by atoms with van der Waals surface area (Å²) in [4.78, 5) is 29.9. The number of H-pyrrole nitrogens is 1. The topological polar surface area (TPSA) is 65.2 Å². The average Bonchev–Trinajstić information content (AvgIpc) is 3.44. The third-order valence-electron chi connectivity index (χ3n) is 5.74. The number of likely N-dealkylation sites (tertiary alicyclic amines) is 1. The van der Waals surface area contributed by atoms with Crippen molar-refractivity contribution < 1.29 is 4.79 Å². The molecule has 1 saturated heterocycles. The fraction of sp³-hybridized carbons (Fsp3) is 0.684. The first-order valence-electron chi connectivity index (χ1n) is 9.48. The van der Waals surface area contributed by atoms with Gasteiger partial charge in [0.2, 0.25) is 0 Å². The number of hydrogen-bond donors (Lipinski definition) is 2. The molecule has 5 nitrogen and oxygen atoms in total. The second-order valence-electron chi connectivity index (χ2n) is 7.64. The van der Waals surface area contributed by atoms with Crippen molar-refractivity contribution >= 4 is 5.91 Å². The summed E-state index contributed by atoms with van der Waals surface area (Å²) in [5.74, 6) is 0.795. The van der Waals surface area contributed by atoms with Gasteiger partial charge in [-0.15, -0.1) is 0 Å². The van der Waals surface area contributed by atoms with E-state index in [1.165, 1.54) is 12.8 Å². The van der Waals surface area contributed by atoms with Crippen molar-refractivity contribution in [3.63, 3.8) is 0 Å². The largest absolute Gasteiger partial charge is 0.338 e. The molecule has 24 heavy (non-hydrogen) atoms. The molecule has 4 rings (SSSR count). The number of aromatic nitrogens is 1. The Balaban J connectivity index is 1.40. The Morgan fingerprint density at radius 3 is 2.67 bits per heavy atom. The van der Waals surface area contributed by atoms with Crippen molar-refractivity contribution in [2.45, 2.75) is 57.4 Å². The van der Waals surface area contributed by atoms with Crippen LogP contribution in [0.25, 0.3) is 0 Å². The van der Waals surface area contributed by atoms with Gasteiger partial charge >= 0.3 is 0 Å². The maximum atomic E-state index is 12.8. The van der Waals surface area contributed by atoms with E-state index in [4.69, 9.17) is 0 Å². The second-order valence-corrected chi connectivity index (χ2v) is 7.64. The lowest BCUT2D eigenvalue weighted by Gasteiger charge is -2.32. The van der Waals surface area contributed by atoms with Gasteiger partial charge in [0.25, 0.3) is 11.5 Å². The summed E-state index contributed by atoms with van der Waals surface area (Å²) >= 11 is 0. The minimum atomic E-state index is -0.213. The predicted octanol–water partition coefficient (Wildman–Crippen LogP) is 1.86. The minimum Gasteiger partial charge on any atom is -0.338 e. The van der Waals surface area contributed by atoms with Gasteiger partial charge in [-0.3, -0.25) is 9.59 Å². The van der Waals surface area contributed by atoms with Crippen molar-refractivity contribution in [1.29, 1.82) is 0 Å². The summed E-state index contributed by atoms with van der Waals surface area (Å²) in [5.41, 5.74) is 2.31. The minimum absolute atomic E-state index is 0.0923. The van der Waals surface area contributed by atoms with Crippen molar-refractivity contribution in [3.8, 4) is 0 Å². The van der Waals surface area contributed by atoms with E-state index >= 15 is 0 Å². The Labute approximate surface area is 142 Å². The standard InChI is InChI=1S/C19H27N3O2/c23-18-16(11-14-3-1-2-4-17(14)21-18)19(24)22-9-7-15(8-10-22)20-12-13-5-6-13/h11,13,15,20H,1-10,12H2,(H,21,23). The molecule has 3 aliphatic rings. The van der Waals surface area contributed by atoms with Gasteiger partial charge in [-0.2, -0.15) is 0 Å². The zero-order valence-electron chi connectivity index (χ0n) is 14.3. The van der Waals surface area contributed by atoms with Gasteiger partial charge in [0, 0.05) is 24.8 Å². The number of carbonyl (C=O) groups excluding carboxylic acids is 1. The monoisotopic (exact) mass is 329 g/mol. The maximum absolute atomic E-state index is 12.8. The Morgan fingerprint density at radius 1 is 1.17 bits per heavy atom. The molecule has 2 fully saturated rings. The highest BCUT2D eigenvalue weighted by molar-refractivity contribution is 5.94. The fourth-order valence-corrected chi connectivity index (χ4v) is 3.95. The number of piperidine rings is 1. The Morgan fingerprint density at radius 2 is 1.92 bits per heavy atom. The molecular weight excluding hydrogens is 302 g/mol. The normalized spacial score (nSPS) is 21.6. The van der Waals surface area contributed by atoms with Crippen molar-refractivity contribution in [3.05, 3.63) is 33.2 Å². The molecule has 0 aromatic carbocycles. The Bertz CT molecular complexity index is 670. The molecule has 0 bridgehead atoms. The van der Waals surface area contributed by atoms with Gasteiger partial charge in [0.05, 0.1) is 0 Å². The van der Waals surface area contributed by atoms with E-state index in [1.807, 2.05) is 11.0 Å². The number of nitrogens with one attached hydrogen (secondary N) is 2. The molecule has 1 saturated carbocycles. The van der Waals surface area contributed by atoms with Crippen LogP contribution < -0.4 is 10.9 Å². The molecule has 0 unspecified atom stereocenters. The van der Waals surface area contributed by atoms with Crippen LogP contribution in [0.3, 0.4) is 0 Å². The molecule has 1 amide bonds. The molecule has 2 N–H and O–H groups in total. The van der Waals surface area contributed by atoms with Gasteiger partial charge in [-0.1, -0.05) is 0 Å². The average molecular weight is 329 g/mol. The van der Waals surface area contributed by atoms with Gasteiger partial charge in [0.15, 0.2) is 0 Å². The van der Waals surface area contributed by atoms with Crippen LogP contribution in [0.5, 0.6) is 0 Å². The maximum Gasteiger partial charge on any atom is 0.261 e. The van der Waals surface area contributed by atoms with E-state index in [0.717, 1.165) is 75.3 Å². The quantitative estimate of drug-likeness (QED) is 0.886. The van der Waals surface area contributed by atoms with Crippen LogP contribution >= 0.6 is 0 Å². The first kappa shape index (κ1) is 15.9. The zero-order chi connectivity index (χ0) is 16.5. The summed E-state index contributed by atoms with van der Waals surface area (Å²) in [6.07, 6.45) is 8.87. The smallest absolute Gasteiger partial charge is 0.261 e. The van der Waals surface area contributed by atoms with Crippen LogP contribution in [0.2, 0.25) is 0 Å². The zero-order valence-corrected chi connectivity index (χ0v) is 14.3. The van der Waals surface area contributed by atoms with E-state index in [-0.39, 0.29) is 11.5 Å². The summed E-state index contributed by atoms with van der Waals surface area (Å²) in [6, 6.07) is 2.38. The van der Waals surface area contributed by atoms with Gasteiger partial charge < -0.3 is 15.2 Å². The number of aromatic amines is 1. The molecule has 0 radical (unpaired) electrons. The van der Waals surface area contributed by atoms with Gasteiger partial charge in [-0.05, 0) is 75.5 Å². The highest BCUT2D eigenvalue weighted by atomic mass is 16.2. The number of carbonyl (C=O) groups is 1. The van der Waals surface area contributed by atoms with E-state index in [9.17, 15) is 9.59 Å². The Hall–Kier alpha value is -1.62. The highest BCUT2D eigenvalue weighted by Crippen LogP contribution is 2.28. The van der Waals surface area contributed by atoms with Crippen LogP contribution in [0, 0.1) is 5.92 Å². The fourth-order valence-electron chi connectivity index (χ4n) is 3.95. The molecule has 2 heterocycles. The summed E-state index contributed by atoms with van der Waals surface area (Å²) in [6.45, 7) is 2.62. The van der Waals surface area contributed by atoms with Crippen LogP contribution in [-0.4, -0.2) is 41.5 Å². The third-order valence-corrected chi connectivity index (χ3v) is 5.74. The number of nitrogens with zero attached hydrogens (tertiary/aromatic N) is 1. The lowest BCUT2D eigenvalue weighted by molar-refractivity contribution is 0.0703. The van der Waals surface area contributed by atoms with Crippen LogP contribution in [0.4, 0.5) is 0 Å². The second kappa shape index (κ2) is 6.71. The van der Waals surface area contributed by atoms with Crippen molar-refractivity contribution in [1.82, 2.24) is 15.2 Å². The van der Waals surface area contributed by atoms with Crippen LogP contribution in [-0.2, 0) is 12.8 Å². The summed E-state index contributed by atoms with van der Waals surface area (Å²) in [5, 5.41) is 3.63. The SMILES string of the molecule is O=C(c1cc2c([nH]c1=O)CCCC2)N1CCC(NCC2CC2)CC1. The van der Waals surface area contributed by atoms with Crippen LogP contribution in [0.1, 0.15) is 60.1 Å². The first-order valence-corrected chi connectivity index (χ1v) is 9.48. The van der Waals surface area contributed by atoms with E-state index in [1.54, 1.807) is 0 Å². The van der Waals surface area contributed by atoms with E-state index < -0.39 is 0 Å². The number of aryl methyl sites for hydroxylation is 2. The lowest BCUT2D eigenvalue weighted by atomic mass is 9.94.